The molecule has 0 amide bonds. The molecule has 198 valence electrons. The molecule has 0 aliphatic heterocycles. The Morgan fingerprint density at radius 3 is 0.763 bits per heavy atom. The van der Waals surface area contributed by atoms with Crippen LogP contribution in [-0.4, -0.2) is 0 Å². The lowest BCUT2D eigenvalue weighted by Crippen LogP contribution is -2.42. The highest BCUT2D eigenvalue weighted by atomic mass is 17.2. The van der Waals surface area contributed by atoms with Crippen LogP contribution in [0.25, 0.3) is 0 Å². The van der Waals surface area contributed by atoms with Crippen LogP contribution in [0.15, 0.2) is 121 Å². The van der Waals surface area contributed by atoms with Gasteiger partial charge in [-0.05, 0) is 45.9 Å². The topological polar surface area (TPSA) is 18.5 Å². The molecule has 4 aromatic carbocycles. The van der Waals surface area contributed by atoms with Gasteiger partial charge in [0.25, 0.3) is 0 Å². The SMILES string of the molecule is CC(C)(C)CC(OOC(CC(C)(C)C)(c1ccccc1)c1ccccc1)(c1ccccc1)c1ccccc1. The first-order valence-corrected chi connectivity index (χ1v) is 13.6. The molecule has 0 aromatic heterocycles. The van der Waals surface area contributed by atoms with Crippen molar-refractivity contribution in [3.8, 4) is 0 Å². The predicted octanol–water partition coefficient (Wildman–Crippen LogP) is 9.69. The van der Waals surface area contributed by atoms with Gasteiger partial charge in [-0.25, -0.2) is 9.78 Å². The summed E-state index contributed by atoms with van der Waals surface area (Å²) in [6.07, 6.45) is 1.48. The van der Waals surface area contributed by atoms with E-state index in [2.05, 4.69) is 163 Å². The van der Waals surface area contributed by atoms with Crippen LogP contribution in [0.4, 0.5) is 0 Å². The van der Waals surface area contributed by atoms with Crippen LogP contribution in [0.2, 0.25) is 0 Å². The summed E-state index contributed by atoms with van der Waals surface area (Å²) in [5.41, 5.74) is 2.60. The maximum Gasteiger partial charge on any atom is 0.154 e. The molecule has 2 heteroatoms. The third-order valence-corrected chi connectivity index (χ3v) is 6.85. The Labute approximate surface area is 229 Å². The molecular weight excluding hydrogens is 464 g/mol. The molecule has 0 atom stereocenters. The summed E-state index contributed by atoms with van der Waals surface area (Å²) in [5, 5.41) is 0. The van der Waals surface area contributed by atoms with Crippen molar-refractivity contribution in [2.45, 2.75) is 65.6 Å². The zero-order valence-corrected chi connectivity index (χ0v) is 23.8. The predicted molar refractivity (Wildman–Crippen MR) is 158 cm³/mol. The third-order valence-electron chi connectivity index (χ3n) is 6.85. The van der Waals surface area contributed by atoms with E-state index in [1.54, 1.807) is 0 Å². The molecule has 38 heavy (non-hydrogen) atoms. The van der Waals surface area contributed by atoms with E-state index in [1.807, 2.05) is 0 Å². The minimum atomic E-state index is -0.812. The number of rotatable bonds is 9. The summed E-state index contributed by atoms with van der Waals surface area (Å²) in [7, 11) is 0. The fourth-order valence-corrected chi connectivity index (χ4v) is 5.46. The molecule has 0 heterocycles. The van der Waals surface area contributed by atoms with Crippen molar-refractivity contribution in [1.82, 2.24) is 0 Å². The second-order valence-corrected chi connectivity index (χ2v) is 12.8. The Bertz CT molecular complexity index is 1070. The first kappa shape index (κ1) is 27.8. The summed E-state index contributed by atoms with van der Waals surface area (Å²) in [6.45, 7) is 13.5. The minimum absolute atomic E-state index is 0.0405. The smallest absolute Gasteiger partial charge is 0.154 e. The van der Waals surface area contributed by atoms with E-state index in [1.165, 1.54) is 0 Å². The molecular formula is C36H42O2. The highest BCUT2D eigenvalue weighted by Crippen LogP contribution is 2.49. The Kier molecular flexibility index (Phi) is 8.25. The molecule has 4 aromatic rings. The summed E-state index contributed by atoms with van der Waals surface area (Å²) < 4.78 is 0. The molecule has 0 radical (unpaired) electrons. The highest BCUT2D eigenvalue weighted by molar-refractivity contribution is 5.39. The Hall–Kier alpha value is -3.20. The normalized spacial score (nSPS) is 12.9. The van der Waals surface area contributed by atoms with E-state index in [-0.39, 0.29) is 10.8 Å². The Balaban J connectivity index is 1.94. The van der Waals surface area contributed by atoms with Gasteiger partial charge in [-0.1, -0.05) is 163 Å². The van der Waals surface area contributed by atoms with Crippen LogP contribution in [0, 0.1) is 10.8 Å². The van der Waals surface area contributed by atoms with E-state index < -0.39 is 11.2 Å². The van der Waals surface area contributed by atoms with E-state index in [4.69, 9.17) is 9.78 Å². The average Bonchev–Trinajstić information content (AvgIpc) is 2.91. The molecule has 0 saturated heterocycles. The molecule has 0 fully saturated rings. The van der Waals surface area contributed by atoms with Crippen LogP contribution in [0.5, 0.6) is 0 Å². The van der Waals surface area contributed by atoms with Gasteiger partial charge in [0.15, 0.2) is 11.2 Å². The van der Waals surface area contributed by atoms with Crippen molar-refractivity contribution in [2.75, 3.05) is 0 Å². The molecule has 0 N–H and O–H groups in total. The van der Waals surface area contributed by atoms with Crippen LogP contribution >= 0.6 is 0 Å². The van der Waals surface area contributed by atoms with Gasteiger partial charge in [0.05, 0.1) is 0 Å². The molecule has 0 unspecified atom stereocenters. The van der Waals surface area contributed by atoms with E-state index in [0.717, 1.165) is 35.1 Å². The maximum atomic E-state index is 7.00. The van der Waals surface area contributed by atoms with Gasteiger partial charge in [-0.15, -0.1) is 0 Å². The van der Waals surface area contributed by atoms with E-state index >= 15 is 0 Å². The summed E-state index contributed by atoms with van der Waals surface area (Å²) >= 11 is 0. The largest absolute Gasteiger partial charge is 0.219 e. The number of benzene rings is 4. The first-order chi connectivity index (χ1) is 18.0. The van der Waals surface area contributed by atoms with Crippen LogP contribution in [0.1, 0.15) is 76.6 Å². The summed E-state index contributed by atoms with van der Waals surface area (Å²) in [4.78, 5) is 14.0. The zero-order valence-electron chi connectivity index (χ0n) is 23.8. The van der Waals surface area contributed by atoms with Gasteiger partial charge in [0, 0.05) is 0 Å². The molecule has 0 aliphatic carbocycles. The maximum absolute atomic E-state index is 7.00. The monoisotopic (exact) mass is 506 g/mol. The fourth-order valence-electron chi connectivity index (χ4n) is 5.46. The van der Waals surface area contributed by atoms with Crippen LogP contribution in [-0.2, 0) is 21.0 Å². The van der Waals surface area contributed by atoms with Gasteiger partial charge in [-0.3, -0.25) is 0 Å². The lowest BCUT2D eigenvalue weighted by atomic mass is 9.74. The van der Waals surface area contributed by atoms with Gasteiger partial charge in [-0.2, -0.15) is 0 Å². The Morgan fingerprint density at radius 1 is 0.368 bits per heavy atom. The third kappa shape index (κ3) is 6.43. The fraction of sp³-hybridized carbons (Fsp3) is 0.333. The van der Waals surface area contributed by atoms with E-state index in [9.17, 15) is 0 Å². The zero-order chi connectivity index (χ0) is 27.3. The van der Waals surface area contributed by atoms with Gasteiger partial charge in [0.1, 0.15) is 0 Å². The van der Waals surface area contributed by atoms with Crippen LogP contribution < -0.4 is 0 Å². The van der Waals surface area contributed by atoms with Crippen molar-refractivity contribution in [3.63, 3.8) is 0 Å². The molecule has 0 saturated carbocycles. The van der Waals surface area contributed by atoms with Crippen molar-refractivity contribution in [2.24, 2.45) is 10.8 Å². The second-order valence-electron chi connectivity index (χ2n) is 12.8. The molecule has 4 rings (SSSR count). The molecule has 0 spiro atoms. The lowest BCUT2D eigenvalue weighted by molar-refractivity contribution is -0.413. The quantitative estimate of drug-likeness (QED) is 0.166. The standard InChI is InChI=1S/C36H42O2/c1-33(2,3)27-35(29-19-11-7-12-20-29,30-21-13-8-14-22-30)37-38-36(28-34(4,5)6,31-23-15-9-16-24-31)32-25-17-10-18-26-32/h7-26H,27-28H2,1-6H3. The lowest BCUT2D eigenvalue weighted by Gasteiger charge is -2.44. The minimum Gasteiger partial charge on any atom is -0.219 e. The summed E-state index contributed by atoms with van der Waals surface area (Å²) in [6, 6.07) is 42.0. The van der Waals surface area contributed by atoms with Crippen molar-refractivity contribution < 1.29 is 9.78 Å². The van der Waals surface area contributed by atoms with Gasteiger partial charge >= 0.3 is 0 Å². The van der Waals surface area contributed by atoms with E-state index in [0.29, 0.717) is 0 Å². The van der Waals surface area contributed by atoms with Crippen molar-refractivity contribution in [1.29, 1.82) is 0 Å². The highest BCUT2D eigenvalue weighted by Gasteiger charge is 2.46. The second kappa shape index (κ2) is 11.3. The average molecular weight is 507 g/mol. The molecule has 0 aliphatic rings. The number of hydrogen-bond acceptors (Lipinski definition) is 2. The van der Waals surface area contributed by atoms with Gasteiger partial charge in [0.2, 0.25) is 0 Å². The molecule has 0 bridgehead atoms. The first-order valence-electron chi connectivity index (χ1n) is 13.6. The number of hydrogen-bond donors (Lipinski definition) is 0. The van der Waals surface area contributed by atoms with Crippen molar-refractivity contribution in [3.05, 3.63) is 144 Å². The van der Waals surface area contributed by atoms with Gasteiger partial charge < -0.3 is 0 Å². The van der Waals surface area contributed by atoms with Crippen molar-refractivity contribution >= 4 is 0 Å². The Morgan fingerprint density at radius 2 is 0.579 bits per heavy atom. The van der Waals surface area contributed by atoms with Crippen LogP contribution in [0.3, 0.4) is 0 Å². The summed E-state index contributed by atoms with van der Waals surface area (Å²) in [5.74, 6) is 0. The molecule has 2 nitrogen and oxygen atoms in total.